The van der Waals surface area contributed by atoms with Crippen LogP contribution in [0, 0.1) is 22.7 Å². The summed E-state index contributed by atoms with van der Waals surface area (Å²) >= 11 is 0. The number of carbonyl (C=O) groups is 1. The molecule has 0 bridgehead atoms. The molecule has 6 nitrogen and oxygen atoms in total. The van der Waals surface area contributed by atoms with Crippen LogP contribution in [-0.2, 0) is 9.53 Å². The molecule has 0 aliphatic heterocycles. The first-order valence-electron chi connectivity index (χ1n) is 6.63. The second-order valence-corrected chi connectivity index (χ2v) is 4.10. The summed E-state index contributed by atoms with van der Waals surface area (Å²) in [6.45, 7) is 2.21. The zero-order chi connectivity index (χ0) is 16.4. The van der Waals surface area contributed by atoms with Crippen molar-refractivity contribution in [2.45, 2.75) is 13.3 Å². The maximum Gasteiger partial charge on any atom is 0.309 e. The Balaban J connectivity index is 2.84. The summed E-state index contributed by atoms with van der Waals surface area (Å²) in [5.74, 6) is 0.584. The SMILES string of the molecule is CCOC(=O)CCOc1cc(C=C(C#N)C#N)ccc1OC. The number of nitriles is 2. The maximum atomic E-state index is 11.3. The topological polar surface area (TPSA) is 92.3 Å². The Morgan fingerprint density at radius 1 is 1.27 bits per heavy atom. The maximum absolute atomic E-state index is 11.3. The summed E-state index contributed by atoms with van der Waals surface area (Å²) in [6.07, 6.45) is 1.57. The normalized spacial score (nSPS) is 9.09. The van der Waals surface area contributed by atoms with E-state index in [0.29, 0.717) is 23.7 Å². The number of benzene rings is 1. The van der Waals surface area contributed by atoms with Crippen molar-refractivity contribution in [1.82, 2.24) is 0 Å². The smallest absolute Gasteiger partial charge is 0.309 e. The van der Waals surface area contributed by atoms with Gasteiger partial charge in [-0.15, -0.1) is 0 Å². The van der Waals surface area contributed by atoms with E-state index in [2.05, 4.69) is 0 Å². The number of nitrogens with zero attached hydrogens (tertiary/aromatic N) is 2. The van der Waals surface area contributed by atoms with Crippen LogP contribution >= 0.6 is 0 Å². The molecule has 0 atom stereocenters. The minimum absolute atomic E-state index is 0.0114. The van der Waals surface area contributed by atoms with Crippen LogP contribution in [0.2, 0.25) is 0 Å². The van der Waals surface area contributed by atoms with Crippen molar-refractivity contribution in [1.29, 1.82) is 10.5 Å². The average Bonchev–Trinajstić information content (AvgIpc) is 2.53. The number of methoxy groups -OCH3 is 1. The van der Waals surface area contributed by atoms with Gasteiger partial charge in [0.2, 0.25) is 0 Å². The predicted molar refractivity (Wildman–Crippen MR) is 78.9 cm³/mol. The lowest BCUT2D eigenvalue weighted by Gasteiger charge is -2.11. The highest BCUT2D eigenvalue weighted by molar-refractivity contribution is 5.69. The minimum atomic E-state index is -0.339. The molecule has 1 rings (SSSR count). The fourth-order valence-electron chi connectivity index (χ4n) is 1.63. The van der Waals surface area contributed by atoms with Crippen LogP contribution in [0.4, 0.5) is 0 Å². The zero-order valence-corrected chi connectivity index (χ0v) is 12.5. The van der Waals surface area contributed by atoms with Gasteiger partial charge in [0.1, 0.15) is 17.7 Å². The third-order valence-corrected chi connectivity index (χ3v) is 2.61. The van der Waals surface area contributed by atoms with Crippen molar-refractivity contribution in [3.63, 3.8) is 0 Å². The van der Waals surface area contributed by atoms with Gasteiger partial charge >= 0.3 is 5.97 Å². The van der Waals surface area contributed by atoms with Crippen molar-refractivity contribution < 1.29 is 19.0 Å². The zero-order valence-electron chi connectivity index (χ0n) is 12.5. The molecule has 0 N–H and O–H groups in total. The van der Waals surface area contributed by atoms with E-state index in [4.69, 9.17) is 24.7 Å². The molecule has 0 spiro atoms. The van der Waals surface area contributed by atoms with E-state index >= 15 is 0 Å². The van der Waals surface area contributed by atoms with E-state index in [1.54, 1.807) is 37.3 Å². The van der Waals surface area contributed by atoms with Crippen molar-refractivity contribution in [3.8, 4) is 23.6 Å². The molecule has 0 aliphatic rings. The number of ether oxygens (including phenoxy) is 3. The molecular weight excluding hydrogens is 284 g/mol. The summed E-state index contributed by atoms with van der Waals surface area (Å²) < 4.78 is 15.5. The van der Waals surface area contributed by atoms with Gasteiger partial charge in [0.15, 0.2) is 11.5 Å². The molecule has 0 aliphatic carbocycles. The van der Waals surface area contributed by atoms with Crippen LogP contribution in [0.5, 0.6) is 11.5 Å². The van der Waals surface area contributed by atoms with Gasteiger partial charge in [0.25, 0.3) is 0 Å². The van der Waals surface area contributed by atoms with Gasteiger partial charge in [-0.25, -0.2) is 0 Å². The Hall–Kier alpha value is -2.99. The van der Waals surface area contributed by atoms with Crippen molar-refractivity contribution in [2.75, 3.05) is 20.3 Å². The van der Waals surface area contributed by atoms with Gasteiger partial charge < -0.3 is 14.2 Å². The van der Waals surface area contributed by atoms with E-state index in [9.17, 15) is 4.79 Å². The van der Waals surface area contributed by atoms with Crippen LogP contribution in [0.15, 0.2) is 23.8 Å². The van der Waals surface area contributed by atoms with E-state index in [-0.39, 0.29) is 24.6 Å². The fourth-order valence-corrected chi connectivity index (χ4v) is 1.63. The third kappa shape index (κ3) is 5.18. The number of rotatable bonds is 7. The molecule has 0 saturated carbocycles. The molecule has 22 heavy (non-hydrogen) atoms. The third-order valence-electron chi connectivity index (χ3n) is 2.61. The van der Waals surface area contributed by atoms with Crippen LogP contribution in [0.25, 0.3) is 6.08 Å². The first-order valence-corrected chi connectivity index (χ1v) is 6.63. The first kappa shape index (κ1) is 17.1. The Labute approximate surface area is 129 Å². The number of allylic oxidation sites excluding steroid dienone is 1. The highest BCUT2D eigenvalue weighted by Crippen LogP contribution is 2.29. The fraction of sp³-hybridized carbons (Fsp3) is 0.312. The molecule has 0 unspecified atom stereocenters. The van der Waals surface area contributed by atoms with Crippen molar-refractivity contribution in [3.05, 3.63) is 29.3 Å². The van der Waals surface area contributed by atoms with E-state index in [1.165, 1.54) is 13.2 Å². The van der Waals surface area contributed by atoms with Crippen LogP contribution < -0.4 is 9.47 Å². The predicted octanol–water partition coefficient (Wildman–Crippen LogP) is 2.46. The van der Waals surface area contributed by atoms with E-state index in [1.807, 2.05) is 0 Å². The Morgan fingerprint density at radius 3 is 2.59 bits per heavy atom. The molecule has 1 aromatic rings. The molecule has 114 valence electrons. The summed E-state index contributed by atoms with van der Waals surface area (Å²) in [4.78, 5) is 11.3. The molecule has 0 radical (unpaired) electrons. The molecule has 0 heterocycles. The molecule has 0 fully saturated rings. The highest BCUT2D eigenvalue weighted by atomic mass is 16.5. The molecular formula is C16H16N2O4. The van der Waals surface area contributed by atoms with Gasteiger partial charge in [-0.05, 0) is 30.7 Å². The monoisotopic (exact) mass is 300 g/mol. The van der Waals surface area contributed by atoms with E-state index in [0.717, 1.165) is 0 Å². The van der Waals surface area contributed by atoms with Gasteiger partial charge in [-0.1, -0.05) is 6.07 Å². The van der Waals surface area contributed by atoms with Gasteiger partial charge in [-0.3, -0.25) is 4.79 Å². The lowest BCUT2D eigenvalue weighted by atomic mass is 10.1. The minimum Gasteiger partial charge on any atom is -0.493 e. The summed E-state index contributed by atoms with van der Waals surface area (Å²) in [6, 6.07) is 8.58. The Morgan fingerprint density at radius 2 is 2.00 bits per heavy atom. The number of hydrogen-bond acceptors (Lipinski definition) is 6. The largest absolute Gasteiger partial charge is 0.493 e. The summed E-state index contributed by atoms with van der Waals surface area (Å²) in [5, 5.41) is 17.5. The average molecular weight is 300 g/mol. The second kappa shape index (κ2) is 9.04. The molecule has 0 amide bonds. The molecule has 0 aromatic heterocycles. The van der Waals surface area contributed by atoms with Gasteiger partial charge in [-0.2, -0.15) is 10.5 Å². The van der Waals surface area contributed by atoms with Gasteiger partial charge in [0, 0.05) is 0 Å². The molecule has 6 heteroatoms. The lowest BCUT2D eigenvalue weighted by Crippen LogP contribution is -2.10. The lowest BCUT2D eigenvalue weighted by molar-refractivity contribution is -0.143. The van der Waals surface area contributed by atoms with Crippen LogP contribution in [-0.4, -0.2) is 26.3 Å². The van der Waals surface area contributed by atoms with Gasteiger partial charge in [0.05, 0.1) is 26.7 Å². The number of esters is 1. The second-order valence-electron chi connectivity index (χ2n) is 4.10. The Bertz CT molecular complexity index is 623. The first-order chi connectivity index (χ1) is 10.6. The van der Waals surface area contributed by atoms with Crippen LogP contribution in [0.1, 0.15) is 18.9 Å². The molecule has 1 aromatic carbocycles. The quantitative estimate of drug-likeness (QED) is 0.567. The highest BCUT2D eigenvalue weighted by Gasteiger charge is 2.08. The van der Waals surface area contributed by atoms with Crippen molar-refractivity contribution in [2.24, 2.45) is 0 Å². The van der Waals surface area contributed by atoms with Crippen LogP contribution in [0.3, 0.4) is 0 Å². The summed E-state index contributed by atoms with van der Waals surface area (Å²) in [7, 11) is 1.50. The number of hydrogen-bond donors (Lipinski definition) is 0. The summed E-state index contributed by atoms with van der Waals surface area (Å²) in [5.41, 5.74) is 0.618. The Kier molecular flexibility index (Phi) is 7.01. The van der Waals surface area contributed by atoms with E-state index < -0.39 is 0 Å². The standard InChI is InChI=1S/C16H16N2O4/c1-3-21-16(19)6-7-22-15-9-12(4-5-14(15)20-2)8-13(10-17)11-18/h4-5,8-9H,3,6-7H2,1-2H3. The number of carbonyl (C=O) groups excluding carboxylic acids is 1. The van der Waals surface area contributed by atoms with Crippen molar-refractivity contribution >= 4 is 12.0 Å². The molecule has 0 saturated heterocycles.